The SMILES string of the molecule is CC(=O)c1cc(Cl)ccc1OCCOCC(C)C. The minimum atomic E-state index is -0.0596. The third-order valence-electron chi connectivity index (χ3n) is 2.26. The second-order valence-electron chi connectivity index (χ2n) is 4.51. The molecule has 0 aliphatic heterocycles. The van der Waals surface area contributed by atoms with E-state index in [9.17, 15) is 4.79 Å². The fourth-order valence-corrected chi connectivity index (χ4v) is 1.60. The highest BCUT2D eigenvalue weighted by molar-refractivity contribution is 6.31. The number of ketones is 1. The fourth-order valence-electron chi connectivity index (χ4n) is 1.43. The van der Waals surface area contributed by atoms with Crippen molar-refractivity contribution in [1.82, 2.24) is 0 Å². The molecule has 18 heavy (non-hydrogen) atoms. The monoisotopic (exact) mass is 270 g/mol. The van der Waals surface area contributed by atoms with E-state index in [1.807, 2.05) is 0 Å². The molecule has 0 aliphatic carbocycles. The van der Waals surface area contributed by atoms with Gasteiger partial charge in [-0.15, -0.1) is 0 Å². The van der Waals surface area contributed by atoms with Gasteiger partial charge in [-0.25, -0.2) is 0 Å². The second kappa shape index (κ2) is 7.39. The molecular weight excluding hydrogens is 252 g/mol. The van der Waals surface area contributed by atoms with Crippen molar-refractivity contribution in [3.63, 3.8) is 0 Å². The van der Waals surface area contributed by atoms with Crippen LogP contribution in [0.2, 0.25) is 5.02 Å². The van der Waals surface area contributed by atoms with Gasteiger partial charge in [0, 0.05) is 11.6 Å². The molecule has 1 aromatic carbocycles. The Kier molecular flexibility index (Phi) is 6.16. The van der Waals surface area contributed by atoms with Gasteiger partial charge in [-0.05, 0) is 31.0 Å². The lowest BCUT2D eigenvalue weighted by atomic mass is 10.1. The van der Waals surface area contributed by atoms with Gasteiger partial charge in [0.05, 0.1) is 12.2 Å². The molecule has 0 aliphatic rings. The van der Waals surface area contributed by atoms with E-state index in [1.54, 1.807) is 18.2 Å². The van der Waals surface area contributed by atoms with E-state index in [1.165, 1.54) is 6.92 Å². The fraction of sp³-hybridized carbons (Fsp3) is 0.500. The molecule has 0 atom stereocenters. The van der Waals surface area contributed by atoms with Crippen LogP contribution in [0, 0.1) is 5.92 Å². The van der Waals surface area contributed by atoms with Crippen molar-refractivity contribution in [3.8, 4) is 5.75 Å². The molecule has 0 bridgehead atoms. The summed E-state index contributed by atoms with van der Waals surface area (Å²) in [5.74, 6) is 1.00. The molecule has 100 valence electrons. The first-order valence-electron chi connectivity index (χ1n) is 6.01. The summed E-state index contributed by atoms with van der Waals surface area (Å²) in [7, 11) is 0. The zero-order valence-electron chi connectivity index (χ0n) is 11.0. The molecule has 0 fully saturated rings. The largest absolute Gasteiger partial charge is 0.490 e. The number of benzene rings is 1. The summed E-state index contributed by atoms with van der Waals surface area (Å²) < 4.78 is 10.9. The highest BCUT2D eigenvalue weighted by Gasteiger charge is 2.09. The third kappa shape index (κ3) is 5.07. The van der Waals surface area contributed by atoms with Crippen LogP contribution in [0.4, 0.5) is 0 Å². The highest BCUT2D eigenvalue weighted by Crippen LogP contribution is 2.23. The van der Waals surface area contributed by atoms with Crippen LogP contribution in [0.15, 0.2) is 18.2 Å². The Balaban J connectivity index is 2.49. The van der Waals surface area contributed by atoms with Crippen LogP contribution < -0.4 is 4.74 Å². The van der Waals surface area contributed by atoms with E-state index in [-0.39, 0.29) is 5.78 Å². The lowest BCUT2D eigenvalue weighted by Gasteiger charge is -2.11. The quantitative estimate of drug-likeness (QED) is 0.561. The van der Waals surface area contributed by atoms with Crippen molar-refractivity contribution in [1.29, 1.82) is 0 Å². The third-order valence-corrected chi connectivity index (χ3v) is 2.49. The maximum absolute atomic E-state index is 11.4. The summed E-state index contributed by atoms with van der Waals surface area (Å²) in [5, 5.41) is 0.531. The van der Waals surface area contributed by atoms with E-state index in [0.717, 1.165) is 0 Å². The molecule has 0 saturated heterocycles. The maximum Gasteiger partial charge on any atom is 0.163 e. The van der Waals surface area contributed by atoms with Crippen molar-refractivity contribution < 1.29 is 14.3 Å². The summed E-state index contributed by atoms with van der Waals surface area (Å²) in [6.45, 7) is 7.33. The summed E-state index contributed by atoms with van der Waals surface area (Å²) >= 11 is 5.85. The summed E-state index contributed by atoms with van der Waals surface area (Å²) in [6, 6.07) is 5.04. The first-order chi connectivity index (χ1) is 8.50. The standard InChI is InChI=1S/C14H19ClO3/c1-10(2)9-17-6-7-18-14-5-4-12(15)8-13(14)11(3)16/h4-5,8,10H,6-7,9H2,1-3H3. The predicted molar refractivity (Wildman–Crippen MR) is 72.6 cm³/mol. The average Bonchev–Trinajstić information content (AvgIpc) is 2.29. The first kappa shape index (κ1) is 15.0. The number of ether oxygens (including phenoxy) is 2. The zero-order valence-corrected chi connectivity index (χ0v) is 11.8. The molecule has 0 aromatic heterocycles. The molecule has 0 spiro atoms. The number of halogens is 1. The van der Waals surface area contributed by atoms with E-state index in [2.05, 4.69) is 13.8 Å². The molecule has 1 rings (SSSR count). The second-order valence-corrected chi connectivity index (χ2v) is 4.95. The van der Waals surface area contributed by atoms with Crippen molar-refractivity contribution >= 4 is 17.4 Å². The van der Waals surface area contributed by atoms with Crippen molar-refractivity contribution in [2.45, 2.75) is 20.8 Å². The molecular formula is C14H19ClO3. The van der Waals surface area contributed by atoms with E-state index in [0.29, 0.717) is 42.1 Å². The van der Waals surface area contributed by atoms with Gasteiger partial charge in [-0.2, -0.15) is 0 Å². The Morgan fingerprint density at radius 3 is 2.67 bits per heavy atom. The van der Waals surface area contributed by atoms with Gasteiger partial charge in [0.1, 0.15) is 12.4 Å². The summed E-state index contributed by atoms with van der Waals surface area (Å²) in [6.07, 6.45) is 0. The highest BCUT2D eigenvalue weighted by atomic mass is 35.5. The number of hydrogen-bond acceptors (Lipinski definition) is 3. The van der Waals surface area contributed by atoms with Gasteiger partial charge in [0.25, 0.3) is 0 Å². The zero-order chi connectivity index (χ0) is 13.5. The number of rotatable bonds is 7. The normalized spacial score (nSPS) is 10.7. The number of carbonyl (C=O) groups excluding carboxylic acids is 1. The number of carbonyl (C=O) groups is 1. The van der Waals surface area contributed by atoms with Gasteiger partial charge >= 0.3 is 0 Å². The molecule has 0 radical (unpaired) electrons. The average molecular weight is 271 g/mol. The van der Waals surface area contributed by atoms with Crippen LogP contribution >= 0.6 is 11.6 Å². The number of Topliss-reactive ketones (excluding diaryl/α,β-unsaturated/α-hetero) is 1. The molecule has 1 aromatic rings. The molecule has 0 amide bonds. The predicted octanol–water partition coefficient (Wildman–Crippen LogP) is 3.59. The van der Waals surface area contributed by atoms with E-state index < -0.39 is 0 Å². The Morgan fingerprint density at radius 2 is 2.06 bits per heavy atom. The van der Waals surface area contributed by atoms with Crippen LogP contribution in [0.25, 0.3) is 0 Å². The smallest absolute Gasteiger partial charge is 0.163 e. The Labute approximate surface area is 113 Å². The lowest BCUT2D eigenvalue weighted by molar-refractivity contribution is 0.0810. The molecule has 0 N–H and O–H groups in total. The molecule has 0 heterocycles. The topological polar surface area (TPSA) is 35.5 Å². The Morgan fingerprint density at radius 1 is 1.33 bits per heavy atom. The van der Waals surface area contributed by atoms with Crippen molar-refractivity contribution in [3.05, 3.63) is 28.8 Å². The van der Waals surface area contributed by atoms with Crippen molar-refractivity contribution in [2.24, 2.45) is 5.92 Å². The first-order valence-corrected chi connectivity index (χ1v) is 6.39. The van der Waals surface area contributed by atoms with Crippen LogP contribution in [-0.2, 0) is 4.74 Å². The molecule has 0 saturated carbocycles. The van der Waals surface area contributed by atoms with Gasteiger partial charge < -0.3 is 9.47 Å². The van der Waals surface area contributed by atoms with Crippen LogP contribution in [0.3, 0.4) is 0 Å². The molecule has 0 unspecified atom stereocenters. The molecule has 4 heteroatoms. The van der Waals surface area contributed by atoms with Gasteiger partial charge in [-0.3, -0.25) is 4.79 Å². The van der Waals surface area contributed by atoms with Crippen LogP contribution in [0.5, 0.6) is 5.75 Å². The van der Waals surface area contributed by atoms with Gasteiger partial charge in [-0.1, -0.05) is 25.4 Å². The van der Waals surface area contributed by atoms with Crippen LogP contribution in [-0.4, -0.2) is 25.6 Å². The van der Waals surface area contributed by atoms with Gasteiger partial charge in [0.15, 0.2) is 5.78 Å². The minimum absolute atomic E-state index is 0.0596. The maximum atomic E-state index is 11.4. The minimum Gasteiger partial charge on any atom is -0.490 e. The summed E-state index contributed by atoms with van der Waals surface area (Å²) in [4.78, 5) is 11.4. The lowest BCUT2D eigenvalue weighted by Crippen LogP contribution is -2.11. The molecule has 3 nitrogen and oxygen atoms in total. The van der Waals surface area contributed by atoms with Crippen molar-refractivity contribution in [2.75, 3.05) is 19.8 Å². The van der Waals surface area contributed by atoms with E-state index >= 15 is 0 Å². The Hall–Kier alpha value is -1.06. The van der Waals surface area contributed by atoms with Gasteiger partial charge in [0.2, 0.25) is 0 Å². The Bertz CT molecular complexity index is 402. The summed E-state index contributed by atoms with van der Waals surface area (Å²) in [5.41, 5.74) is 0.506. The number of hydrogen-bond donors (Lipinski definition) is 0. The van der Waals surface area contributed by atoms with Crippen LogP contribution in [0.1, 0.15) is 31.1 Å². The van der Waals surface area contributed by atoms with E-state index in [4.69, 9.17) is 21.1 Å².